The predicted octanol–water partition coefficient (Wildman–Crippen LogP) is 1.69. The summed E-state index contributed by atoms with van der Waals surface area (Å²) < 4.78 is 5.10. The second-order valence-electron chi connectivity index (χ2n) is 4.90. The Morgan fingerprint density at radius 3 is 2.95 bits per heavy atom. The van der Waals surface area contributed by atoms with Crippen LogP contribution in [0.3, 0.4) is 0 Å². The first-order valence-electron chi connectivity index (χ1n) is 6.74. The number of amides is 1. The topological polar surface area (TPSA) is 66.8 Å². The summed E-state index contributed by atoms with van der Waals surface area (Å²) in [7, 11) is 0. The van der Waals surface area contributed by atoms with Crippen molar-refractivity contribution in [2.24, 2.45) is 0 Å². The number of carbonyl (C=O) groups excluding carboxylic acids is 1. The van der Waals surface area contributed by atoms with Crippen molar-refractivity contribution in [1.29, 1.82) is 0 Å². The van der Waals surface area contributed by atoms with E-state index in [4.69, 9.17) is 9.84 Å². The quantitative estimate of drug-likeness (QED) is 0.898. The van der Waals surface area contributed by atoms with Crippen LogP contribution in [0.5, 0.6) is 0 Å². The number of rotatable bonds is 5. The number of aliphatic carboxylic acids is 1. The predicted molar refractivity (Wildman–Crippen MR) is 75.9 cm³/mol. The van der Waals surface area contributed by atoms with Crippen molar-refractivity contribution in [2.75, 3.05) is 19.7 Å². The van der Waals surface area contributed by atoms with Crippen molar-refractivity contribution < 1.29 is 19.4 Å². The molecule has 1 aliphatic rings. The zero-order valence-corrected chi connectivity index (χ0v) is 12.3. The van der Waals surface area contributed by atoms with Crippen LogP contribution in [0.25, 0.3) is 0 Å². The number of aryl methyl sites for hydroxylation is 2. The van der Waals surface area contributed by atoms with Crippen molar-refractivity contribution in [1.82, 2.24) is 4.90 Å². The average Bonchev–Trinajstić information content (AvgIpc) is 2.84. The van der Waals surface area contributed by atoms with Crippen LogP contribution in [0, 0.1) is 6.92 Å². The molecular formula is C14H19NO4S. The van der Waals surface area contributed by atoms with Crippen LogP contribution in [0.1, 0.15) is 22.6 Å². The standard InChI is InChI=1S/C14H19NO4S/c1-10-5-6-11(20-10)3-2-4-13(16)15-7-8-19-12(9-15)14(17)18/h5-6,12H,2-4,7-9H2,1H3,(H,17,18)/t12-/m1/s1. The molecule has 5 nitrogen and oxygen atoms in total. The summed E-state index contributed by atoms with van der Waals surface area (Å²) in [5.74, 6) is -0.982. The molecule has 0 unspecified atom stereocenters. The summed E-state index contributed by atoms with van der Waals surface area (Å²) >= 11 is 1.76. The van der Waals surface area contributed by atoms with E-state index in [2.05, 4.69) is 19.1 Å². The maximum absolute atomic E-state index is 12.0. The molecule has 2 heterocycles. The normalized spacial score (nSPS) is 19.1. The first-order valence-corrected chi connectivity index (χ1v) is 7.55. The molecule has 0 saturated carbocycles. The van der Waals surface area contributed by atoms with Crippen LogP contribution in [0.4, 0.5) is 0 Å². The summed E-state index contributed by atoms with van der Waals surface area (Å²) in [5, 5.41) is 8.90. The zero-order chi connectivity index (χ0) is 14.5. The number of hydrogen-bond acceptors (Lipinski definition) is 4. The Bertz CT molecular complexity index is 485. The summed E-state index contributed by atoms with van der Waals surface area (Å²) in [4.78, 5) is 27.1. The maximum Gasteiger partial charge on any atom is 0.334 e. The van der Waals surface area contributed by atoms with E-state index in [1.807, 2.05) is 0 Å². The number of hydrogen-bond donors (Lipinski definition) is 1. The highest BCUT2D eigenvalue weighted by Crippen LogP contribution is 2.18. The SMILES string of the molecule is Cc1ccc(CCCC(=O)N2CCO[C@@H](C(=O)O)C2)s1. The van der Waals surface area contributed by atoms with Crippen molar-refractivity contribution in [3.63, 3.8) is 0 Å². The second kappa shape index (κ2) is 6.85. The van der Waals surface area contributed by atoms with Gasteiger partial charge in [-0.25, -0.2) is 4.79 Å². The molecule has 1 fully saturated rings. The largest absolute Gasteiger partial charge is 0.479 e. The lowest BCUT2D eigenvalue weighted by atomic mass is 10.2. The minimum absolute atomic E-state index is 0.0211. The summed E-state index contributed by atoms with van der Waals surface area (Å²) in [6, 6.07) is 4.18. The molecule has 6 heteroatoms. The highest BCUT2D eigenvalue weighted by atomic mass is 32.1. The second-order valence-corrected chi connectivity index (χ2v) is 6.28. The maximum atomic E-state index is 12.0. The highest BCUT2D eigenvalue weighted by Gasteiger charge is 2.28. The number of nitrogens with zero attached hydrogens (tertiary/aromatic N) is 1. The van der Waals surface area contributed by atoms with E-state index < -0.39 is 12.1 Å². The van der Waals surface area contributed by atoms with E-state index in [0.717, 1.165) is 12.8 Å². The van der Waals surface area contributed by atoms with Gasteiger partial charge in [-0.1, -0.05) is 0 Å². The van der Waals surface area contributed by atoms with Gasteiger partial charge in [0.2, 0.25) is 5.91 Å². The average molecular weight is 297 g/mol. The van der Waals surface area contributed by atoms with Gasteiger partial charge in [0.25, 0.3) is 0 Å². The van der Waals surface area contributed by atoms with Crippen LogP contribution < -0.4 is 0 Å². The molecule has 1 atom stereocenters. The molecule has 1 aromatic rings. The molecule has 0 bridgehead atoms. The molecule has 1 saturated heterocycles. The molecule has 0 aliphatic carbocycles. The molecule has 0 radical (unpaired) electrons. The molecule has 1 N–H and O–H groups in total. The minimum atomic E-state index is -1.00. The highest BCUT2D eigenvalue weighted by molar-refractivity contribution is 7.11. The van der Waals surface area contributed by atoms with Gasteiger partial charge < -0.3 is 14.7 Å². The fourth-order valence-electron chi connectivity index (χ4n) is 2.22. The Morgan fingerprint density at radius 2 is 2.30 bits per heavy atom. The summed E-state index contributed by atoms with van der Waals surface area (Å²) in [6.07, 6.45) is 1.28. The first-order chi connectivity index (χ1) is 9.56. The molecule has 2 rings (SSSR count). The molecule has 1 aromatic heterocycles. The van der Waals surface area contributed by atoms with Gasteiger partial charge in [0.1, 0.15) is 0 Å². The van der Waals surface area contributed by atoms with Gasteiger partial charge >= 0.3 is 5.97 Å². The van der Waals surface area contributed by atoms with Crippen LogP contribution in [0.15, 0.2) is 12.1 Å². The van der Waals surface area contributed by atoms with Gasteiger partial charge in [0.15, 0.2) is 6.10 Å². The van der Waals surface area contributed by atoms with Crippen molar-refractivity contribution in [3.05, 3.63) is 21.9 Å². The fourth-order valence-corrected chi connectivity index (χ4v) is 3.15. The Balaban J connectivity index is 1.75. The molecular weight excluding hydrogens is 278 g/mol. The van der Waals surface area contributed by atoms with Gasteiger partial charge in [-0.15, -0.1) is 11.3 Å². The lowest BCUT2D eigenvalue weighted by Crippen LogP contribution is -2.48. The van der Waals surface area contributed by atoms with Crippen molar-refractivity contribution >= 4 is 23.2 Å². The molecule has 110 valence electrons. The lowest BCUT2D eigenvalue weighted by molar-refractivity contribution is -0.159. The van der Waals surface area contributed by atoms with Crippen LogP contribution in [-0.2, 0) is 20.7 Å². The Morgan fingerprint density at radius 1 is 1.50 bits per heavy atom. The molecule has 0 aromatic carbocycles. The van der Waals surface area contributed by atoms with Crippen molar-refractivity contribution in [2.45, 2.75) is 32.3 Å². The number of carbonyl (C=O) groups is 2. The summed E-state index contributed by atoms with van der Waals surface area (Å²) in [5.41, 5.74) is 0. The zero-order valence-electron chi connectivity index (χ0n) is 11.5. The number of ether oxygens (including phenoxy) is 1. The third-order valence-electron chi connectivity index (χ3n) is 3.30. The Labute approximate surface area is 122 Å². The minimum Gasteiger partial charge on any atom is -0.479 e. The first kappa shape index (κ1) is 15.0. The van der Waals surface area contributed by atoms with E-state index in [0.29, 0.717) is 19.6 Å². The Hall–Kier alpha value is -1.40. The van der Waals surface area contributed by atoms with E-state index >= 15 is 0 Å². The third kappa shape index (κ3) is 4.05. The summed E-state index contributed by atoms with van der Waals surface area (Å²) in [6.45, 7) is 3.01. The fraction of sp³-hybridized carbons (Fsp3) is 0.571. The van der Waals surface area contributed by atoms with Gasteiger partial charge in [0.05, 0.1) is 13.2 Å². The molecule has 0 spiro atoms. The monoisotopic (exact) mass is 297 g/mol. The van der Waals surface area contributed by atoms with Crippen LogP contribution in [0.2, 0.25) is 0 Å². The van der Waals surface area contributed by atoms with E-state index in [9.17, 15) is 9.59 Å². The number of carboxylic acids is 1. The van der Waals surface area contributed by atoms with Gasteiger partial charge in [0, 0.05) is 22.7 Å². The Kier molecular flexibility index (Phi) is 5.14. The van der Waals surface area contributed by atoms with Gasteiger partial charge in [-0.05, 0) is 31.9 Å². The smallest absolute Gasteiger partial charge is 0.334 e. The van der Waals surface area contributed by atoms with Crippen molar-refractivity contribution in [3.8, 4) is 0 Å². The van der Waals surface area contributed by atoms with Gasteiger partial charge in [-0.2, -0.15) is 0 Å². The van der Waals surface area contributed by atoms with E-state index in [1.165, 1.54) is 9.75 Å². The molecule has 1 amide bonds. The molecule has 20 heavy (non-hydrogen) atoms. The van der Waals surface area contributed by atoms with E-state index in [-0.39, 0.29) is 12.5 Å². The van der Waals surface area contributed by atoms with E-state index in [1.54, 1.807) is 16.2 Å². The number of carboxylic acid groups (broad SMARTS) is 1. The van der Waals surface area contributed by atoms with Gasteiger partial charge in [-0.3, -0.25) is 4.79 Å². The molecule has 1 aliphatic heterocycles. The van der Waals surface area contributed by atoms with Crippen LogP contribution in [-0.4, -0.2) is 47.7 Å². The third-order valence-corrected chi connectivity index (χ3v) is 4.36. The lowest BCUT2D eigenvalue weighted by Gasteiger charge is -2.30. The number of thiophene rings is 1. The number of morpholine rings is 1. The van der Waals surface area contributed by atoms with Crippen LogP contribution >= 0.6 is 11.3 Å².